The van der Waals surface area contributed by atoms with Crippen LogP contribution >= 0.6 is 11.3 Å². The minimum atomic E-state index is -2.66. The van der Waals surface area contributed by atoms with E-state index in [0.717, 1.165) is 12.8 Å². The summed E-state index contributed by atoms with van der Waals surface area (Å²) in [5, 5.41) is 2.35. The number of fused-ring (bicyclic) bond motifs is 1. The highest BCUT2D eigenvalue weighted by Crippen LogP contribution is 2.39. The standard InChI is InChI=1S/C26H29F2N5O3S/c27-26(28)7-3-19(4-8-26)33-21-2-1-17(13-20(21)30-25(33)36)23(34)32-14-18(15-32)16-5-10-31(11-6-16)24(35)22-29-9-12-37-22/h1-2,9,12-13,16,18-19H,3-8,10-11,14-15H2,(H,30,36). The van der Waals surface area contributed by atoms with Crippen molar-refractivity contribution in [3.05, 3.63) is 50.8 Å². The number of nitrogens with one attached hydrogen (secondary N) is 1. The van der Waals surface area contributed by atoms with Gasteiger partial charge < -0.3 is 14.8 Å². The minimum Gasteiger partial charge on any atom is -0.338 e. The summed E-state index contributed by atoms with van der Waals surface area (Å²) in [6.45, 7) is 2.81. The van der Waals surface area contributed by atoms with Crippen LogP contribution in [0.1, 0.15) is 64.7 Å². The van der Waals surface area contributed by atoms with Gasteiger partial charge >= 0.3 is 5.69 Å². The van der Waals surface area contributed by atoms with Crippen molar-refractivity contribution in [2.75, 3.05) is 26.2 Å². The van der Waals surface area contributed by atoms with Crippen LogP contribution in [-0.2, 0) is 0 Å². The first-order valence-electron chi connectivity index (χ1n) is 12.9. The lowest BCUT2D eigenvalue weighted by molar-refractivity contribution is -0.0438. The Bertz CT molecular complexity index is 1360. The number of hydrogen-bond acceptors (Lipinski definition) is 5. The zero-order valence-electron chi connectivity index (χ0n) is 20.4. The molecule has 37 heavy (non-hydrogen) atoms. The summed E-state index contributed by atoms with van der Waals surface area (Å²) in [6.07, 6.45) is 3.59. The van der Waals surface area contributed by atoms with E-state index in [-0.39, 0.29) is 49.2 Å². The third-order valence-corrected chi connectivity index (χ3v) is 9.08. The van der Waals surface area contributed by atoms with Gasteiger partial charge in [-0.25, -0.2) is 18.6 Å². The number of H-pyrrole nitrogens is 1. The van der Waals surface area contributed by atoms with Crippen molar-refractivity contribution >= 4 is 34.2 Å². The van der Waals surface area contributed by atoms with Gasteiger partial charge in [0.15, 0.2) is 5.01 Å². The van der Waals surface area contributed by atoms with Crippen LogP contribution in [0.15, 0.2) is 34.6 Å². The Morgan fingerprint density at radius 1 is 1.00 bits per heavy atom. The third-order valence-electron chi connectivity index (χ3n) is 8.32. The number of thiazole rings is 1. The maximum absolute atomic E-state index is 13.6. The van der Waals surface area contributed by atoms with Gasteiger partial charge in [0.25, 0.3) is 11.8 Å². The minimum absolute atomic E-state index is 0.00237. The van der Waals surface area contributed by atoms with Crippen LogP contribution in [0.25, 0.3) is 11.0 Å². The van der Waals surface area contributed by atoms with Gasteiger partial charge in [0.05, 0.1) is 11.0 Å². The van der Waals surface area contributed by atoms with Crippen LogP contribution in [0.2, 0.25) is 0 Å². The number of rotatable bonds is 4. The highest BCUT2D eigenvalue weighted by Gasteiger charge is 2.39. The van der Waals surface area contributed by atoms with Gasteiger partial charge in [0.1, 0.15) is 0 Å². The summed E-state index contributed by atoms with van der Waals surface area (Å²) >= 11 is 1.36. The summed E-state index contributed by atoms with van der Waals surface area (Å²) in [6, 6.07) is 4.91. The number of amides is 2. The number of hydrogen-bond donors (Lipinski definition) is 1. The molecule has 1 N–H and O–H groups in total. The molecule has 2 aromatic heterocycles. The van der Waals surface area contributed by atoms with Gasteiger partial charge in [-0.05, 0) is 55.7 Å². The Hall–Kier alpha value is -3.08. The molecule has 0 atom stereocenters. The van der Waals surface area contributed by atoms with Gasteiger partial charge in [0, 0.05) is 62.2 Å². The van der Waals surface area contributed by atoms with E-state index < -0.39 is 5.92 Å². The average molecular weight is 530 g/mol. The molecule has 0 spiro atoms. The number of aromatic nitrogens is 3. The fourth-order valence-electron chi connectivity index (χ4n) is 6.11. The smallest absolute Gasteiger partial charge is 0.326 e. The first kappa shape index (κ1) is 24.3. The average Bonchev–Trinajstić information content (AvgIpc) is 3.50. The number of benzene rings is 1. The SMILES string of the molecule is O=C(c1ccc2c(c1)[nH]c(=O)n2C1CCC(F)(F)CC1)N1CC(C2CCN(C(=O)c3nccs3)CC2)C1. The van der Waals surface area contributed by atoms with Crippen molar-refractivity contribution < 1.29 is 18.4 Å². The molecule has 2 amide bonds. The number of halogens is 2. The molecule has 0 radical (unpaired) electrons. The first-order valence-corrected chi connectivity index (χ1v) is 13.8. The van der Waals surface area contributed by atoms with Gasteiger partial charge in [-0.2, -0.15) is 0 Å². The molecule has 3 fully saturated rings. The molecule has 3 aromatic rings. The van der Waals surface area contributed by atoms with E-state index in [0.29, 0.717) is 59.6 Å². The topological polar surface area (TPSA) is 91.3 Å². The highest BCUT2D eigenvalue weighted by atomic mass is 32.1. The first-order chi connectivity index (χ1) is 17.8. The monoisotopic (exact) mass is 529 g/mol. The largest absolute Gasteiger partial charge is 0.338 e. The quantitative estimate of drug-likeness (QED) is 0.550. The number of alkyl halides is 2. The number of imidazole rings is 1. The van der Waals surface area contributed by atoms with Crippen LogP contribution in [-0.4, -0.2) is 68.3 Å². The van der Waals surface area contributed by atoms with Crippen molar-refractivity contribution in [2.24, 2.45) is 11.8 Å². The highest BCUT2D eigenvalue weighted by molar-refractivity contribution is 7.11. The molecular formula is C26H29F2N5O3S. The van der Waals surface area contributed by atoms with E-state index in [9.17, 15) is 23.2 Å². The number of carbonyl (C=O) groups excluding carboxylic acids is 2. The fraction of sp³-hybridized carbons (Fsp3) is 0.538. The molecule has 1 aromatic carbocycles. The molecule has 2 saturated heterocycles. The Balaban J connectivity index is 1.06. The van der Waals surface area contributed by atoms with Gasteiger partial charge in [-0.15, -0.1) is 11.3 Å². The van der Waals surface area contributed by atoms with Crippen molar-refractivity contribution in [3.8, 4) is 0 Å². The lowest BCUT2D eigenvalue weighted by atomic mass is 9.79. The van der Waals surface area contributed by atoms with Crippen LogP contribution in [0.4, 0.5) is 8.78 Å². The molecule has 2 aliphatic heterocycles. The zero-order valence-corrected chi connectivity index (χ0v) is 21.2. The second-order valence-corrected chi connectivity index (χ2v) is 11.5. The lowest BCUT2D eigenvalue weighted by Gasteiger charge is -2.46. The molecular weight excluding hydrogens is 500 g/mol. The second kappa shape index (κ2) is 9.34. The lowest BCUT2D eigenvalue weighted by Crippen LogP contribution is -2.54. The number of carbonyl (C=O) groups is 2. The predicted octanol–water partition coefficient (Wildman–Crippen LogP) is 4.16. The number of likely N-dealkylation sites (tertiary alicyclic amines) is 2. The molecule has 8 nitrogen and oxygen atoms in total. The summed E-state index contributed by atoms with van der Waals surface area (Å²) in [7, 11) is 0. The molecule has 196 valence electrons. The number of piperidine rings is 1. The third kappa shape index (κ3) is 4.58. The molecule has 1 aliphatic carbocycles. The van der Waals surface area contributed by atoms with Gasteiger partial charge in [-0.1, -0.05) is 0 Å². The van der Waals surface area contributed by atoms with Crippen molar-refractivity contribution in [3.63, 3.8) is 0 Å². The van der Waals surface area contributed by atoms with Gasteiger partial charge in [-0.3, -0.25) is 14.2 Å². The van der Waals surface area contributed by atoms with Crippen LogP contribution in [0.3, 0.4) is 0 Å². The summed E-state index contributed by atoms with van der Waals surface area (Å²) in [4.78, 5) is 48.9. The van der Waals surface area contributed by atoms with E-state index in [1.165, 1.54) is 11.3 Å². The summed E-state index contributed by atoms with van der Waals surface area (Å²) in [5.74, 6) is -1.81. The Labute approximate surface area is 216 Å². The van der Waals surface area contributed by atoms with E-state index in [4.69, 9.17) is 0 Å². The van der Waals surface area contributed by atoms with E-state index in [1.54, 1.807) is 29.0 Å². The summed E-state index contributed by atoms with van der Waals surface area (Å²) < 4.78 is 28.7. The second-order valence-electron chi connectivity index (χ2n) is 10.6. The maximum Gasteiger partial charge on any atom is 0.326 e. The van der Waals surface area contributed by atoms with E-state index >= 15 is 0 Å². The molecule has 11 heteroatoms. The zero-order chi connectivity index (χ0) is 25.7. The Kier molecular flexibility index (Phi) is 6.13. The fourth-order valence-corrected chi connectivity index (χ4v) is 6.71. The Morgan fingerprint density at radius 3 is 2.41 bits per heavy atom. The predicted molar refractivity (Wildman–Crippen MR) is 135 cm³/mol. The Morgan fingerprint density at radius 2 is 1.73 bits per heavy atom. The normalized spacial score (nSPS) is 21.4. The molecule has 0 unspecified atom stereocenters. The van der Waals surface area contributed by atoms with Crippen molar-refractivity contribution in [1.29, 1.82) is 0 Å². The molecule has 0 bridgehead atoms. The van der Waals surface area contributed by atoms with Crippen LogP contribution in [0, 0.1) is 11.8 Å². The van der Waals surface area contributed by atoms with Crippen LogP contribution < -0.4 is 5.69 Å². The number of nitrogens with zero attached hydrogens (tertiary/aromatic N) is 4. The molecule has 4 heterocycles. The maximum atomic E-state index is 13.6. The van der Waals surface area contributed by atoms with Crippen molar-refractivity contribution in [1.82, 2.24) is 24.3 Å². The van der Waals surface area contributed by atoms with E-state index in [2.05, 4.69) is 9.97 Å². The van der Waals surface area contributed by atoms with E-state index in [1.807, 2.05) is 15.2 Å². The molecule has 6 rings (SSSR count). The van der Waals surface area contributed by atoms with Gasteiger partial charge in [0.2, 0.25) is 5.92 Å². The van der Waals surface area contributed by atoms with Crippen molar-refractivity contribution in [2.45, 2.75) is 50.5 Å². The van der Waals surface area contributed by atoms with Crippen LogP contribution in [0.5, 0.6) is 0 Å². The molecule has 1 saturated carbocycles. The number of aromatic amines is 1. The summed E-state index contributed by atoms with van der Waals surface area (Å²) in [5.41, 5.74) is 1.40. The molecule has 3 aliphatic rings.